The molecule has 0 saturated carbocycles. The predicted molar refractivity (Wildman–Crippen MR) is 72.6 cm³/mol. The Morgan fingerprint density at radius 2 is 1.95 bits per heavy atom. The fraction of sp³-hybridized carbons (Fsp3) is 0.714. The van der Waals surface area contributed by atoms with Crippen molar-refractivity contribution >= 4 is 11.9 Å². The number of rotatable bonds is 4. The van der Waals surface area contributed by atoms with Gasteiger partial charge >= 0.3 is 5.97 Å². The molecule has 6 nitrogen and oxygen atoms in total. The van der Waals surface area contributed by atoms with Crippen molar-refractivity contribution in [3.8, 4) is 0 Å². The molecular weight excluding hydrogens is 262 g/mol. The Bertz CT molecular complexity index is 395. The van der Waals surface area contributed by atoms with Gasteiger partial charge in [-0.1, -0.05) is 13.8 Å². The maximum absolute atomic E-state index is 12.1. The van der Waals surface area contributed by atoms with Crippen molar-refractivity contribution in [3.05, 3.63) is 12.0 Å². The third-order valence-corrected chi connectivity index (χ3v) is 2.49. The van der Waals surface area contributed by atoms with E-state index in [0.717, 1.165) is 0 Å². The van der Waals surface area contributed by atoms with Gasteiger partial charge in [0.25, 0.3) is 5.91 Å². The first-order chi connectivity index (χ1) is 9.20. The first-order valence-electron chi connectivity index (χ1n) is 6.69. The van der Waals surface area contributed by atoms with Gasteiger partial charge in [-0.2, -0.15) is 0 Å². The Kier molecular flexibility index (Phi) is 5.42. The highest BCUT2D eigenvalue weighted by Crippen LogP contribution is 2.13. The summed E-state index contributed by atoms with van der Waals surface area (Å²) in [6, 6.07) is -0.729. The van der Waals surface area contributed by atoms with Gasteiger partial charge in [0.1, 0.15) is 31.1 Å². The Hall–Kier alpha value is -1.72. The van der Waals surface area contributed by atoms with E-state index >= 15 is 0 Å². The SMILES string of the molecule is CC(C)[C@@H](NC(=O)C1=COCCO1)C(=O)OC(C)(C)C. The summed E-state index contributed by atoms with van der Waals surface area (Å²) in [6.07, 6.45) is 1.26. The maximum Gasteiger partial charge on any atom is 0.329 e. The summed E-state index contributed by atoms with van der Waals surface area (Å²) in [5.74, 6) is -0.961. The van der Waals surface area contributed by atoms with Gasteiger partial charge in [-0.15, -0.1) is 0 Å². The van der Waals surface area contributed by atoms with Crippen molar-refractivity contribution in [1.82, 2.24) is 5.32 Å². The molecule has 0 bridgehead atoms. The largest absolute Gasteiger partial charge is 0.494 e. The smallest absolute Gasteiger partial charge is 0.329 e. The number of hydrogen-bond acceptors (Lipinski definition) is 5. The van der Waals surface area contributed by atoms with Crippen LogP contribution in [0.3, 0.4) is 0 Å². The van der Waals surface area contributed by atoms with Gasteiger partial charge in [0.05, 0.1) is 0 Å². The molecule has 1 heterocycles. The topological polar surface area (TPSA) is 73.9 Å². The van der Waals surface area contributed by atoms with Crippen molar-refractivity contribution in [1.29, 1.82) is 0 Å². The number of ether oxygens (including phenoxy) is 3. The molecule has 0 aromatic carbocycles. The zero-order valence-electron chi connectivity index (χ0n) is 12.7. The first-order valence-corrected chi connectivity index (χ1v) is 6.69. The summed E-state index contributed by atoms with van der Waals surface area (Å²) in [4.78, 5) is 24.1. The van der Waals surface area contributed by atoms with E-state index in [1.807, 2.05) is 13.8 Å². The van der Waals surface area contributed by atoms with Gasteiger partial charge in [-0.3, -0.25) is 4.79 Å². The Balaban J connectivity index is 2.69. The van der Waals surface area contributed by atoms with E-state index in [-0.39, 0.29) is 11.7 Å². The third kappa shape index (κ3) is 5.11. The Morgan fingerprint density at radius 1 is 1.30 bits per heavy atom. The van der Waals surface area contributed by atoms with Crippen molar-refractivity contribution in [2.24, 2.45) is 5.92 Å². The van der Waals surface area contributed by atoms with Crippen molar-refractivity contribution < 1.29 is 23.8 Å². The summed E-state index contributed by atoms with van der Waals surface area (Å²) in [7, 11) is 0. The van der Waals surface area contributed by atoms with Gasteiger partial charge < -0.3 is 19.5 Å². The standard InChI is InChI=1S/C14H23NO5/c1-9(2)11(13(17)20-14(3,4)5)15-12(16)10-8-18-6-7-19-10/h8-9,11H,6-7H2,1-5H3,(H,15,16)/t11-/m1/s1. The average Bonchev–Trinajstić information content (AvgIpc) is 2.34. The van der Waals surface area contributed by atoms with Crippen molar-refractivity contribution in [2.45, 2.75) is 46.3 Å². The van der Waals surface area contributed by atoms with Crippen LogP contribution in [0.5, 0.6) is 0 Å². The molecule has 0 radical (unpaired) electrons. The Morgan fingerprint density at radius 3 is 2.40 bits per heavy atom. The van der Waals surface area contributed by atoms with Crippen LogP contribution >= 0.6 is 0 Å². The van der Waals surface area contributed by atoms with E-state index in [1.54, 1.807) is 20.8 Å². The highest BCUT2D eigenvalue weighted by atomic mass is 16.6. The van der Waals surface area contributed by atoms with Crippen LogP contribution in [-0.2, 0) is 23.8 Å². The molecule has 0 aromatic heterocycles. The van der Waals surface area contributed by atoms with Crippen LogP contribution in [0, 0.1) is 5.92 Å². The molecule has 0 saturated heterocycles. The normalized spacial score (nSPS) is 16.6. The van der Waals surface area contributed by atoms with E-state index in [4.69, 9.17) is 14.2 Å². The molecule has 6 heteroatoms. The molecule has 0 aliphatic carbocycles. The highest BCUT2D eigenvalue weighted by Gasteiger charge is 2.30. The highest BCUT2D eigenvalue weighted by molar-refractivity contribution is 5.94. The van der Waals surface area contributed by atoms with E-state index in [2.05, 4.69) is 5.32 Å². The van der Waals surface area contributed by atoms with Crippen LogP contribution in [-0.4, -0.2) is 36.7 Å². The summed E-state index contributed by atoms with van der Waals surface area (Å²) in [5.41, 5.74) is -0.599. The average molecular weight is 285 g/mol. The third-order valence-electron chi connectivity index (χ3n) is 2.49. The molecule has 1 rings (SSSR count). The zero-order chi connectivity index (χ0) is 15.3. The van der Waals surface area contributed by atoms with Crippen LogP contribution in [0.1, 0.15) is 34.6 Å². The molecule has 20 heavy (non-hydrogen) atoms. The maximum atomic E-state index is 12.1. The van der Waals surface area contributed by atoms with Crippen LogP contribution in [0.4, 0.5) is 0 Å². The van der Waals surface area contributed by atoms with E-state index in [1.165, 1.54) is 6.26 Å². The number of hydrogen-bond donors (Lipinski definition) is 1. The second-order valence-corrected chi connectivity index (χ2v) is 5.93. The van der Waals surface area contributed by atoms with Crippen LogP contribution in [0.15, 0.2) is 12.0 Å². The summed E-state index contributed by atoms with van der Waals surface area (Å²) < 4.78 is 15.5. The fourth-order valence-corrected chi connectivity index (χ4v) is 1.56. The molecule has 1 aliphatic rings. The van der Waals surface area contributed by atoms with Crippen LogP contribution in [0.25, 0.3) is 0 Å². The second kappa shape index (κ2) is 6.63. The first kappa shape index (κ1) is 16.3. The molecule has 1 N–H and O–H groups in total. The molecule has 0 aromatic rings. The molecule has 1 aliphatic heterocycles. The predicted octanol–water partition coefficient (Wildman–Crippen LogP) is 1.36. The Labute approximate surface area is 119 Å². The fourth-order valence-electron chi connectivity index (χ4n) is 1.56. The van der Waals surface area contributed by atoms with Crippen molar-refractivity contribution in [3.63, 3.8) is 0 Å². The summed E-state index contributed by atoms with van der Waals surface area (Å²) in [5, 5.41) is 2.62. The number of nitrogens with one attached hydrogen (secondary N) is 1. The number of carbonyl (C=O) groups excluding carboxylic acids is 2. The number of carbonyl (C=O) groups is 2. The van der Waals surface area contributed by atoms with E-state index in [0.29, 0.717) is 13.2 Å². The molecule has 1 atom stereocenters. The lowest BCUT2D eigenvalue weighted by Crippen LogP contribution is -2.48. The van der Waals surface area contributed by atoms with Gasteiger partial charge in [-0.05, 0) is 26.7 Å². The minimum atomic E-state index is -0.729. The van der Waals surface area contributed by atoms with Crippen molar-refractivity contribution in [2.75, 3.05) is 13.2 Å². The minimum Gasteiger partial charge on any atom is -0.494 e. The summed E-state index contributed by atoms with van der Waals surface area (Å²) in [6.45, 7) is 9.75. The monoisotopic (exact) mass is 285 g/mol. The van der Waals surface area contributed by atoms with E-state index in [9.17, 15) is 9.59 Å². The lowest BCUT2D eigenvalue weighted by molar-refractivity contribution is -0.160. The molecule has 0 unspecified atom stereocenters. The van der Waals surface area contributed by atoms with Gasteiger partial charge in [-0.25, -0.2) is 4.79 Å². The zero-order valence-corrected chi connectivity index (χ0v) is 12.7. The lowest BCUT2D eigenvalue weighted by Gasteiger charge is -2.27. The van der Waals surface area contributed by atoms with Gasteiger partial charge in [0.15, 0.2) is 0 Å². The molecule has 0 fully saturated rings. The summed E-state index contributed by atoms with van der Waals surface area (Å²) >= 11 is 0. The minimum absolute atomic E-state index is 0.0745. The molecule has 0 spiro atoms. The molecule has 114 valence electrons. The van der Waals surface area contributed by atoms with Crippen LogP contribution < -0.4 is 5.32 Å². The number of amides is 1. The van der Waals surface area contributed by atoms with Crippen LogP contribution in [0.2, 0.25) is 0 Å². The second-order valence-electron chi connectivity index (χ2n) is 5.93. The lowest BCUT2D eigenvalue weighted by atomic mass is 10.0. The number of esters is 1. The quantitative estimate of drug-likeness (QED) is 0.789. The molecule has 1 amide bonds. The van der Waals surface area contributed by atoms with Gasteiger partial charge in [0, 0.05) is 0 Å². The van der Waals surface area contributed by atoms with Gasteiger partial charge in [0.2, 0.25) is 5.76 Å². The van der Waals surface area contributed by atoms with E-state index < -0.39 is 23.5 Å². The molecular formula is C14H23NO5.